The zero-order chi connectivity index (χ0) is 12.0. The minimum absolute atomic E-state index is 0.0304. The molecule has 1 aromatic heterocycles. The molecule has 0 N–H and O–H groups in total. The molecule has 3 nitrogen and oxygen atoms in total. The van der Waals surface area contributed by atoms with Gasteiger partial charge in [0.15, 0.2) is 0 Å². The molecule has 0 amide bonds. The van der Waals surface area contributed by atoms with Gasteiger partial charge in [-0.1, -0.05) is 13.3 Å². The van der Waals surface area contributed by atoms with Crippen molar-refractivity contribution < 1.29 is 8.95 Å². The summed E-state index contributed by atoms with van der Waals surface area (Å²) in [5.74, 6) is 1.36. The molecule has 0 spiro atoms. The number of rotatable bonds is 7. The lowest BCUT2D eigenvalue weighted by atomic mass is 10.4. The molecular formula is C11H19NO2S2. The third-order valence-corrected chi connectivity index (χ3v) is 4.72. The Kier molecular flexibility index (Phi) is 6.16. The third-order valence-electron chi connectivity index (χ3n) is 2.31. The minimum Gasteiger partial charge on any atom is -0.375 e. The molecule has 0 saturated carbocycles. The van der Waals surface area contributed by atoms with Gasteiger partial charge in [-0.15, -0.1) is 11.3 Å². The second-order valence-corrected chi connectivity index (χ2v) is 6.16. The summed E-state index contributed by atoms with van der Waals surface area (Å²) >= 11 is 1.58. The molecule has 0 aliphatic rings. The highest BCUT2D eigenvalue weighted by atomic mass is 32.2. The summed E-state index contributed by atoms with van der Waals surface area (Å²) in [5, 5.41) is 2.94. The van der Waals surface area contributed by atoms with Gasteiger partial charge in [-0.05, 0) is 13.3 Å². The highest BCUT2D eigenvalue weighted by Gasteiger charge is 2.10. The van der Waals surface area contributed by atoms with Crippen LogP contribution < -0.4 is 0 Å². The average Bonchev–Trinajstić information content (AvgIpc) is 2.73. The van der Waals surface area contributed by atoms with Crippen LogP contribution in [0, 0.1) is 0 Å². The Morgan fingerprint density at radius 1 is 1.62 bits per heavy atom. The maximum atomic E-state index is 11.7. The number of hydrogen-bond donors (Lipinski definition) is 0. The topological polar surface area (TPSA) is 39.2 Å². The van der Waals surface area contributed by atoms with Crippen LogP contribution >= 0.6 is 11.3 Å². The van der Waals surface area contributed by atoms with Crippen molar-refractivity contribution in [2.75, 3.05) is 12.9 Å². The van der Waals surface area contributed by atoms with E-state index in [2.05, 4.69) is 11.9 Å². The Morgan fingerprint density at radius 3 is 3.00 bits per heavy atom. The third kappa shape index (κ3) is 4.31. The van der Waals surface area contributed by atoms with Crippen LogP contribution in [0.1, 0.15) is 43.5 Å². The largest absolute Gasteiger partial charge is 0.375 e. The van der Waals surface area contributed by atoms with Crippen molar-refractivity contribution in [3.63, 3.8) is 0 Å². The molecule has 0 bridgehead atoms. The van der Waals surface area contributed by atoms with Gasteiger partial charge in [-0.25, -0.2) is 4.98 Å². The number of unbranched alkanes of at least 4 members (excludes halogenated alkanes) is 1. The molecule has 16 heavy (non-hydrogen) atoms. The van der Waals surface area contributed by atoms with E-state index in [0.717, 1.165) is 29.3 Å². The van der Waals surface area contributed by atoms with Gasteiger partial charge in [0.1, 0.15) is 11.1 Å². The van der Waals surface area contributed by atoms with Crippen LogP contribution in [0.3, 0.4) is 0 Å². The van der Waals surface area contributed by atoms with Crippen molar-refractivity contribution in [3.05, 3.63) is 16.1 Å². The number of methoxy groups -OCH3 is 1. The fourth-order valence-corrected chi connectivity index (χ4v) is 3.41. The van der Waals surface area contributed by atoms with Crippen molar-refractivity contribution in [3.8, 4) is 0 Å². The van der Waals surface area contributed by atoms with Gasteiger partial charge in [0.25, 0.3) is 0 Å². The number of nitrogens with zero attached hydrogens (tertiary/aromatic N) is 1. The molecule has 5 heteroatoms. The predicted molar refractivity (Wildman–Crippen MR) is 69.2 cm³/mol. The highest BCUT2D eigenvalue weighted by molar-refractivity contribution is 7.84. The van der Waals surface area contributed by atoms with Gasteiger partial charge in [0.05, 0.1) is 11.4 Å². The fourth-order valence-electron chi connectivity index (χ4n) is 1.22. The van der Waals surface area contributed by atoms with Crippen LogP contribution in [-0.4, -0.2) is 22.1 Å². The van der Waals surface area contributed by atoms with E-state index >= 15 is 0 Å². The second kappa shape index (κ2) is 7.14. The average molecular weight is 261 g/mol. The van der Waals surface area contributed by atoms with Gasteiger partial charge in [0, 0.05) is 29.0 Å². The molecule has 92 valence electrons. The maximum Gasteiger partial charge on any atom is 0.122 e. The summed E-state index contributed by atoms with van der Waals surface area (Å²) in [7, 11) is 0.902. The van der Waals surface area contributed by atoms with Crippen molar-refractivity contribution in [2.24, 2.45) is 0 Å². The highest BCUT2D eigenvalue weighted by Crippen LogP contribution is 2.21. The zero-order valence-corrected chi connectivity index (χ0v) is 11.7. The Balaban J connectivity index is 2.48. The van der Waals surface area contributed by atoms with Crippen LogP contribution in [0.15, 0.2) is 5.38 Å². The smallest absolute Gasteiger partial charge is 0.122 e. The van der Waals surface area contributed by atoms with Gasteiger partial charge in [-0.2, -0.15) is 0 Å². The van der Waals surface area contributed by atoms with Crippen LogP contribution in [0.5, 0.6) is 0 Å². The Labute approximate surface area is 104 Å². The number of ether oxygens (including phenoxy) is 1. The quantitative estimate of drug-likeness (QED) is 0.757. The first-order valence-corrected chi connectivity index (χ1v) is 7.86. The summed E-state index contributed by atoms with van der Waals surface area (Å²) in [5.41, 5.74) is 0.929. The lowest BCUT2D eigenvalue weighted by Crippen LogP contribution is -2.02. The molecule has 2 atom stereocenters. The lowest BCUT2D eigenvalue weighted by molar-refractivity contribution is 0.119. The van der Waals surface area contributed by atoms with E-state index in [1.54, 1.807) is 18.4 Å². The molecule has 0 radical (unpaired) electrons. The lowest BCUT2D eigenvalue weighted by Gasteiger charge is -2.03. The van der Waals surface area contributed by atoms with E-state index in [-0.39, 0.29) is 6.10 Å². The van der Waals surface area contributed by atoms with Gasteiger partial charge >= 0.3 is 0 Å². The van der Waals surface area contributed by atoms with Gasteiger partial charge in [0.2, 0.25) is 0 Å². The summed E-state index contributed by atoms with van der Waals surface area (Å²) in [6, 6.07) is 0. The van der Waals surface area contributed by atoms with E-state index in [1.165, 1.54) is 0 Å². The van der Waals surface area contributed by atoms with Gasteiger partial charge < -0.3 is 4.74 Å². The summed E-state index contributed by atoms with van der Waals surface area (Å²) < 4.78 is 16.9. The van der Waals surface area contributed by atoms with Crippen LogP contribution in [-0.2, 0) is 21.3 Å². The van der Waals surface area contributed by atoms with Crippen molar-refractivity contribution in [1.29, 1.82) is 0 Å². The molecular weight excluding hydrogens is 242 g/mol. The second-order valence-electron chi connectivity index (χ2n) is 3.70. The monoisotopic (exact) mass is 261 g/mol. The molecule has 0 fully saturated rings. The fraction of sp³-hybridized carbons (Fsp3) is 0.727. The molecule has 0 aliphatic carbocycles. The summed E-state index contributed by atoms with van der Waals surface area (Å²) in [4.78, 5) is 4.43. The molecule has 1 aromatic rings. The zero-order valence-electron chi connectivity index (χ0n) is 10.1. The van der Waals surface area contributed by atoms with E-state index in [4.69, 9.17) is 4.74 Å². The maximum absolute atomic E-state index is 11.7. The first kappa shape index (κ1) is 13.8. The summed E-state index contributed by atoms with van der Waals surface area (Å²) in [6.45, 7) is 4.08. The number of hydrogen-bond acceptors (Lipinski definition) is 4. The Bertz CT molecular complexity index is 338. The van der Waals surface area contributed by atoms with Crippen LogP contribution in [0.25, 0.3) is 0 Å². The molecule has 1 rings (SSSR count). The van der Waals surface area contributed by atoms with E-state index in [9.17, 15) is 4.21 Å². The van der Waals surface area contributed by atoms with E-state index < -0.39 is 10.8 Å². The van der Waals surface area contributed by atoms with E-state index in [1.807, 2.05) is 12.3 Å². The SMILES string of the molecule is CCCC[S@](=O)Cc1csc([C@H](C)OC)n1. The number of thiazole rings is 1. The first-order valence-electron chi connectivity index (χ1n) is 5.49. The standard InChI is InChI=1S/C11H19NO2S2/c1-4-5-6-16(13)8-10-7-15-11(12-10)9(2)14-3/h7,9H,4-6,8H2,1-3H3/t9-,16-/m0/s1. The van der Waals surface area contributed by atoms with Crippen molar-refractivity contribution >= 4 is 22.1 Å². The normalized spacial score (nSPS) is 14.9. The molecule has 0 unspecified atom stereocenters. The Hall–Kier alpha value is -0.260. The first-order chi connectivity index (χ1) is 7.67. The summed E-state index contributed by atoms with van der Waals surface area (Å²) in [6.07, 6.45) is 2.15. The molecule has 0 saturated heterocycles. The van der Waals surface area contributed by atoms with Crippen LogP contribution in [0.4, 0.5) is 0 Å². The van der Waals surface area contributed by atoms with Crippen molar-refractivity contribution in [2.45, 2.75) is 38.5 Å². The van der Waals surface area contributed by atoms with Crippen LogP contribution in [0.2, 0.25) is 0 Å². The van der Waals surface area contributed by atoms with E-state index in [0.29, 0.717) is 5.75 Å². The number of aromatic nitrogens is 1. The molecule has 1 heterocycles. The van der Waals surface area contributed by atoms with Crippen molar-refractivity contribution in [1.82, 2.24) is 4.98 Å². The Morgan fingerprint density at radius 2 is 2.38 bits per heavy atom. The predicted octanol–water partition coefficient (Wildman–Crippen LogP) is 2.90. The molecule has 0 aliphatic heterocycles. The van der Waals surface area contributed by atoms with Gasteiger partial charge in [-0.3, -0.25) is 4.21 Å². The minimum atomic E-state index is -0.769. The molecule has 0 aromatic carbocycles.